The van der Waals surface area contributed by atoms with Crippen LogP contribution in [0, 0.1) is 5.82 Å². The molecule has 4 heterocycles. The number of hydrogen-bond donors (Lipinski definition) is 1. The van der Waals surface area contributed by atoms with Gasteiger partial charge in [-0.3, -0.25) is 14.5 Å². The van der Waals surface area contributed by atoms with Gasteiger partial charge in [-0.15, -0.1) is 0 Å². The van der Waals surface area contributed by atoms with E-state index in [2.05, 4.69) is 15.4 Å². The summed E-state index contributed by atoms with van der Waals surface area (Å²) in [5, 5.41) is 7.60. The predicted molar refractivity (Wildman–Crippen MR) is 116 cm³/mol. The van der Waals surface area contributed by atoms with Crippen LogP contribution in [-0.2, 0) is 20.0 Å². The first-order chi connectivity index (χ1) is 15.0. The Bertz CT molecular complexity index is 1300. The molecular weight excluding hydrogens is 417 g/mol. The number of aromatic nitrogens is 4. The zero-order chi connectivity index (χ0) is 21.5. The third-order valence-electron chi connectivity index (χ3n) is 5.54. The van der Waals surface area contributed by atoms with Crippen molar-refractivity contribution >= 4 is 17.5 Å². The SMILES string of the molecule is Cn1cc(-c2c3c(n(Cc4ccc(Cl)cc4F)c2-c2ccncc2)CCNC3=O)cn1. The van der Waals surface area contributed by atoms with Crippen LogP contribution in [0.4, 0.5) is 4.39 Å². The minimum Gasteiger partial charge on any atom is -0.352 e. The molecule has 156 valence electrons. The molecule has 1 aromatic carbocycles. The molecule has 0 radical (unpaired) electrons. The molecule has 0 spiro atoms. The molecule has 31 heavy (non-hydrogen) atoms. The fourth-order valence-electron chi connectivity index (χ4n) is 4.19. The molecule has 1 N–H and O–H groups in total. The lowest BCUT2D eigenvalue weighted by atomic mass is 9.97. The van der Waals surface area contributed by atoms with E-state index in [1.165, 1.54) is 6.07 Å². The molecule has 5 rings (SSSR count). The van der Waals surface area contributed by atoms with Gasteiger partial charge < -0.3 is 9.88 Å². The van der Waals surface area contributed by atoms with E-state index in [0.717, 1.165) is 28.1 Å². The topological polar surface area (TPSA) is 64.7 Å². The lowest BCUT2D eigenvalue weighted by Crippen LogP contribution is -2.32. The predicted octanol–water partition coefficient (Wildman–Crippen LogP) is 4.08. The smallest absolute Gasteiger partial charge is 0.253 e. The number of hydrogen-bond acceptors (Lipinski definition) is 3. The van der Waals surface area contributed by atoms with Crippen LogP contribution in [0.3, 0.4) is 0 Å². The zero-order valence-electron chi connectivity index (χ0n) is 16.8. The van der Waals surface area contributed by atoms with Gasteiger partial charge in [-0.25, -0.2) is 4.39 Å². The summed E-state index contributed by atoms with van der Waals surface area (Å²) in [6.07, 6.45) is 7.70. The van der Waals surface area contributed by atoms with Crippen molar-refractivity contribution in [2.24, 2.45) is 7.05 Å². The molecule has 0 bridgehead atoms. The number of fused-ring (bicyclic) bond motifs is 1. The van der Waals surface area contributed by atoms with Crippen LogP contribution in [0.1, 0.15) is 21.6 Å². The van der Waals surface area contributed by atoms with Gasteiger partial charge >= 0.3 is 0 Å². The number of amides is 1. The minimum absolute atomic E-state index is 0.134. The van der Waals surface area contributed by atoms with Crippen molar-refractivity contribution < 1.29 is 9.18 Å². The Morgan fingerprint density at radius 1 is 1.16 bits per heavy atom. The van der Waals surface area contributed by atoms with E-state index in [0.29, 0.717) is 29.1 Å². The number of halogens is 2. The first kappa shape index (κ1) is 19.5. The summed E-state index contributed by atoms with van der Waals surface area (Å²) in [6.45, 7) is 0.803. The van der Waals surface area contributed by atoms with Crippen molar-refractivity contribution in [2.75, 3.05) is 6.54 Å². The third kappa shape index (κ3) is 3.41. The van der Waals surface area contributed by atoms with Crippen molar-refractivity contribution in [1.82, 2.24) is 24.6 Å². The number of rotatable bonds is 4. The molecule has 0 saturated heterocycles. The molecule has 0 fully saturated rings. The molecular formula is C23H19ClFN5O. The van der Waals surface area contributed by atoms with E-state index in [9.17, 15) is 9.18 Å². The van der Waals surface area contributed by atoms with Gasteiger partial charge in [0.15, 0.2) is 0 Å². The van der Waals surface area contributed by atoms with Crippen LogP contribution in [0.5, 0.6) is 0 Å². The fourth-order valence-corrected chi connectivity index (χ4v) is 4.35. The van der Waals surface area contributed by atoms with Gasteiger partial charge in [0.05, 0.1) is 24.0 Å². The van der Waals surface area contributed by atoms with E-state index >= 15 is 0 Å². The summed E-state index contributed by atoms with van der Waals surface area (Å²) in [7, 11) is 1.84. The van der Waals surface area contributed by atoms with E-state index in [4.69, 9.17) is 11.6 Å². The molecule has 0 aliphatic carbocycles. The fraction of sp³-hybridized carbons (Fsp3) is 0.174. The number of carbonyl (C=O) groups is 1. The highest BCUT2D eigenvalue weighted by molar-refractivity contribution is 6.30. The first-order valence-electron chi connectivity index (χ1n) is 9.90. The maximum absolute atomic E-state index is 14.7. The van der Waals surface area contributed by atoms with Gasteiger partial charge in [0.2, 0.25) is 0 Å². The molecule has 6 nitrogen and oxygen atoms in total. The number of nitrogens with one attached hydrogen (secondary N) is 1. The van der Waals surface area contributed by atoms with Crippen LogP contribution in [-0.4, -0.2) is 31.8 Å². The summed E-state index contributed by atoms with van der Waals surface area (Å²) in [5.74, 6) is -0.510. The normalized spacial score (nSPS) is 13.2. The Labute approximate surface area is 183 Å². The molecule has 0 atom stereocenters. The molecule has 8 heteroatoms. The highest BCUT2D eigenvalue weighted by Gasteiger charge is 2.31. The summed E-state index contributed by atoms with van der Waals surface area (Å²) in [5.41, 5.74) is 5.35. The van der Waals surface area contributed by atoms with Crippen molar-refractivity contribution in [1.29, 1.82) is 0 Å². The Balaban J connectivity index is 1.81. The van der Waals surface area contributed by atoms with Gasteiger partial charge in [-0.05, 0) is 24.3 Å². The lowest BCUT2D eigenvalue weighted by molar-refractivity contribution is 0.0946. The largest absolute Gasteiger partial charge is 0.352 e. The van der Waals surface area contributed by atoms with Crippen LogP contribution in [0.15, 0.2) is 55.1 Å². The second kappa shape index (κ2) is 7.67. The Morgan fingerprint density at radius 3 is 2.68 bits per heavy atom. The van der Waals surface area contributed by atoms with Gasteiger partial charge in [0.1, 0.15) is 5.82 Å². The monoisotopic (exact) mass is 435 g/mol. The third-order valence-corrected chi connectivity index (χ3v) is 5.77. The standard InChI is InChI=1S/C23H19ClFN5O/c1-29-12-16(11-28-29)20-21-19(6-9-27-23(21)31)30(22(20)14-4-7-26-8-5-14)13-15-2-3-17(24)10-18(15)25/h2-5,7-8,10-12H,6,9,13H2,1H3,(H,27,31). The van der Waals surface area contributed by atoms with Gasteiger partial charge in [-0.2, -0.15) is 5.10 Å². The molecule has 1 aliphatic rings. The average Bonchev–Trinajstić information content (AvgIpc) is 3.33. The van der Waals surface area contributed by atoms with Crippen LogP contribution in [0.25, 0.3) is 22.4 Å². The number of nitrogens with zero attached hydrogens (tertiary/aromatic N) is 4. The highest BCUT2D eigenvalue weighted by atomic mass is 35.5. The summed E-state index contributed by atoms with van der Waals surface area (Å²) in [4.78, 5) is 17.1. The molecule has 3 aromatic heterocycles. The van der Waals surface area contributed by atoms with E-state index in [1.807, 2.05) is 29.9 Å². The Kier molecular flexibility index (Phi) is 4.82. The molecule has 1 aliphatic heterocycles. The molecule has 0 saturated carbocycles. The minimum atomic E-state index is -0.376. The molecule has 0 unspecified atom stereocenters. The summed E-state index contributed by atoms with van der Waals surface area (Å²) >= 11 is 5.95. The lowest BCUT2D eigenvalue weighted by Gasteiger charge is -2.18. The maximum Gasteiger partial charge on any atom is 0.253 e. The maximum atomic E-state index is 14.7. The Morgan fingerprint density at radius 2 is 1.97 bits per heavy atom. The molecule has 4 aromatic rings. The van der Waals surface area contributed by atoms with Gasteiger partial charge in [-0.1, -0.05) is 17.7 Å². The van der Waals surface area contributed by atoms with E-state index in [-0.39, 0.29) is 18.3 Å². The first-order valence-corrected chi connectivity index (χ1v) is 10.3. The number of pyridine rings is 1. The van der Waals surface area contributed by atoms with Crippen LogP contribution >= 0.6 is 11.6 Å². The van der Waals surface area contributed by atoms with Crippen LogP contribution in [0.2, 0.25) is 5.02 Å². The second-order valence-electron chi connectivity index (χ2n) is 7.51. The number of carbonyl (C=O) groups excluding carboxylic acids is 1. The Hall–Kier alpha value is -3.45. The van der Waals surface area contributed by atoms with Gasteiger partial charge in [0.25, 0.3) is 5.91 Å². The van der Waals surface area contributed by atoms with Gasteiger partial charge in [0, 0.05) is 71.6 Å². The molecule has 1 amide bonds. The van der Waals surface area contributed by atoms with Crippen molar-refractivity contribution in [3.05, 3.63) is 82.8 Å². The zero-order valence-corrected chi connectivity index (χ0v) is 17.5. The summed E-state index contributed by atoms with van der Waals surface area (Å²) < 4.78 is 18.5. The van der Waals surface area contributed by atoms with Crippen molar-refractivity contribution in [2.45, 2.75) is 13.0 Å². The highest BCUT2D eigenvalue weighted by Crippen LogP contribution is 2.41. The quantitative estimate of drug-likeness (QED) is 0.525. The average molecular weight is 436 g/mol. The van der Waals surface area contributed by atoms with Crippen LogP contribution < -0.4 is 5.32 Å². The number of aryl methyl sites for hydroxylation is 1. The summed E-state index contributed by atoms with van der Waals surface area (Å²) in [6, 6.07) is 8.47. The van der Waals surface area contributed by atoms with Crippen molar-refractivity contribution in [3.63, 3.8) is 0 Å². The van der Waals surface area contributed by atoms with E-state index in [1.54, 1.807) is 35.4 Å². The van der Waals surface area contributed by atoms with Crippen molar-refractivity contribution in [3.8, 4) is 22.4 Å². The second-order valence-corrected chi connectivity index (χ2v) is 7.95. The van der Waals surface area contributed by atoms with E-state index < -0.39 is 0 Å². The number of benzene rings is 1.